The maximum atomic E-state index is 9.34. The zero-order valence-electron chi connectivity index (χ0n) is 50.6. The van der Waals surface area contributed by atoms with E-state index in [1.165, 1.54) is 66.7 Å². The Kier molecular flexibility index (Phi) is 32.9. The molecule has 0 aliphatic rings. The Morgan fingerprint density at radius 2 is 0.636 bits per heavy atom. The zero-order chi connectivity index (χ0) is 67.1. The van der Waals surface area contributed by atoms with Crippen LogP contribution in [0.4, 0.5) is 0 Å². The number of hydrogen-bond acceptors (Lipinski definition) is 22. The topological polar surface area (TPSA) is 468 Å². The molecule has 0 fully saturated rings. The second-order valence-electron chi connectivity index (χ2n) is 20.5. The predicted molar refractivity (Wildman–Crippen MR) is 339 cm³/mol. The molecule has 0 saturated carbocycles. The van der Waals surface area contributed by atoms with Crippen molar-refractivity contribution in [3.8, 4) is 103 Å². The molecule has 8 aromatic carbocycles. The van der Waals surface area contributed by atoms with Crippen LogP contribution in [0.25, 0.3) is 0 Å². The molecule has 4 unspecified atom stereocenters. The van der Waals surface area contributed by atoms with E-state index in [1.54, 1.807) is 74.5 Å². The minimum Gasteiger partial charge on any atom is -0.508 e. The van der Waals surface area contributed by atoms with Crippen molar-refractivity contribution in [3.05, 3.63) is 178 Å². The van der Waals surface area contributed by atoms with Crippen molar-refractivity contribution in [1.82, 2.24) is 0 Å². The summed E-state index contributed by atoms with van der Waals surface area (Å²) < 4.78 is 0. The lowest BCUT2D eigenvalue weighted by molar-refractivity contribution is 0.367. The predicted octanol–water partition coefficient (Wildman–Crippen LogP) is 9.49. The largest absolute Gasteiger partial charge is 0.508 e. The summed E-state index contributed by atoms with van der Waals surface area (Å²) >= 11 is 0. The second kappa shape index (κ2) is 38.1. The van der Waals surface area contributed by atoms with Gasteiger partial charge in [0, 0.05) is 30.2 Å². The van der Waals surface area contributed by atoms with Gasteiger partial charge in [-0.1, -0.05) is 68.4 Å². The lowest BCUT2D eigenvalue weighted by Crippen LogP contribution is -2.17. The summed E-state index contributed by atoms with van der Waals surface area (Å²) in [5.74, 6) is -2.45. The molecule has 22 heteroatoms. The van der Waals surface area contributed by atoms with Crippen molar-refractivity contribution in [2.75, 3.05) is 0 Å². The van der Waals surface area contributed by atoms with Crippen LogP contribution >= 0.6 is 0 Å². The highest BCUT2D eigenvalue weighted by molar-refractivity contribution is 5.52. The first-order valence-electron chi connectivity index (χ1n) is 27.6. The van der Waals surface area contributed by atoms with Gasteiger partial charge in [-0.3, -0.25) is 0 Å². The Labute approximate surface area is 512 Å². The molecule has 0 aliphatic heterocycles. The van der Waals surface area contributed by atoms with Crippen molar-refractivity contribution in [2.45, 2.75) is 118 Å². The van der Waals surface area contributed by atoms with Gasteiger partial charge >= 0.3 is 0 Å². The third-order valence-electron chi connectivity index (χ3n) is 11.9. The SMILES string of the molecule is CC(N)Cc1cc(O)c(O)c(O)c1.CC(N)Cc1cc(O)c(O)cc1O.CC(N)Cc1ccc(O)c(O)c1.CC(N)Cc1cccc(O)c1O.CCc1ccc(O)c(O)c1.CCc1cccc(O)c1O.Cc1ccc(O)c(O)c1.Cc1cccc(O)c1O. The van der Waals surface area contributed by atoms with Crippen LogP contribution in [0.3, 0.4) is 0 Å². The van der Waals surface area contributed by atoms with E-state index in [9.17, 15) is 10.2 Å². The Balaban J connectivity index is 0.000000505. The Morgan fingerprint density at radius 1 is 0.273 bits per heavy atom. The molecule has 22 nitrogen and oxygen atoms in total. The van der Waals surface area contributed by atoms with Crippen molar-refractivity contribution in [2.24, 2.45) is 22.9 Å². The van der Waals surface area contributed by atoms with Crippen LogP contribution in [0.2, 0.25) is 0 Å². The summed E-state index contributed by atoms with van der Waals surface area (Å²) in [7, 11) is 0. The Bertz CT molecular complexity index is 3350. The van der Waals surface area contributed by atoms with E-state index in [4.69, 9.17) is 105 Å². The molecule has 8 aromatic rings. The summed E-state index contributed by atoms with van der Waals surface area (Å²) in [6.07, 6.45) is 3.88. The smallest absolute Gasteiger partial charge is 0.200 e. The van der Waals surface area contributed by atoms with Gasteiger partial charge in [-0.2, -0.15) is 0 Å². The highest BCUT2D eigenvalue weighted by atomic mass is 16.3. The molecule has 0 bridgehead atoms. The molecule has 0 amide bonds. The van der Waals surface area contributed by atoms with Gasteiger partial charge in [-0.25, -0.2) is 0 Å². The number of benzene rings is 8. The molecule has 4 atom stereocenters. The number of hydrogen-bond donors (Lipinski definition) is 22. The number of nitrogens with two attached hydrogens (primary N) is 4. The molecular weight excluding hydrogens is 1140 g/mol. The number of phenolic OH excluding ortho intramolecular Hbond substituents is 18. The van der Waals surface area contributed by atoms with Crippen LogP contribution in [0.5, 0.6) is 103 Å². The maximum absolute atomic E-state index is 9.34. The van der Waals surface area contributed by atoms with E-state index < -0.39 is 5.75 Å². The molecule has 0 saturated heterocycles. The van der Waals surface area contributed by atoms with Crippen molar-refractivity contribution >= 4 is 0 Å². The van der Waals surface area contributed by atoms with Crippen LogP contribution in [0, 0.1) is 13.8 Å². The quantitative estimate of drug-likeness (QED) is 0.0447. The summed E-state index contributed by atoms with van der Waals surface area (Å²) in [4.78, 5) is 0. The number of aryl methyl sites for hydroxylation is 4. The van der Waals surface area contributed by atoms with Crippen LogP contribution < -0.4 is 22.9 Å². The maximum Gasteiger partial charge on any atom is 0.200 e. The van der Waals surface area contributed by atoms with Crippen molar-refractivity contribution < 1.29 is 91.9 Å². The average Bonchev–Trinajstić information content (AvgIpc) is 2.66. The van der Waals surface area contributed by atoms with Gasteiger partial charge in [0.25, 0.3) is 0 Å². The summed E-state index contributed by atoms with van der Waals surface area (Å²) in [6.45, 7) is 14.9. The van der Waals surface area contributed by atoms with Crippen LogP contribution in [-0.4, -0.2) is 116 Å². The van der Waals surface area contributed by atoms with Crippen LogP contribution in [0.15, 0.2) is 133 Å². The van der Waals surface area contributed by atoms with E-state index >= 15 is 0 Å². The molecule has 480 valence electrons. The third kappa shape index (κ3) is 28.3. The fraction of sp³-hybridized carbons (Fsp3) is 0.273. The van der Waals surface area contributed by atoms with Crippen LogP contribution in [-0.2, 0) is 38.5 Å². The summed E-state index contributed by atoms with van der Waals surface area (Å²) in [5, 5.41) is 163. The van der Waals surface area contributed by atoms with E-state index in [0.717, 1.165) is 41.2 Å². The molecule has 88 heavy (non-hydrogen) atoms. The van der Waals surface area contributed by atoms with Crippen LogP contribution in [0.1, 0.15) is 86.1 Å². The minimum atomic E-state index is -0.492. The number of phenols is 18. The number of rotatable bonds is 10. The monoisotopic (exact) mass is 1220 g/mol. The van der Waals surface area contributed by atoms with Gasteiger partial charge in [-0.05, 0) is 197 Å². The van der Waals surface area contributed by atoms with Gasteiger partial charge in [0.05, 0.1) is 0 Å². The first-order valence-corrected chi connectivity index (χ1v) is 27.6. The lowest BCUT2D eigenvalue weighted by atomic mass is 10.1. The molecular formula is C66H88N4O18. The highest BCUT2D eigenvalue weighted by Crippen LogP contribution is 2.36. The highest BCUT2D eigenvalue weighted by Gasteiger charge is 2.11. The average molecular weight is 1230 g/mol. The molecule has 0 radical (unpaired) electrons. The standard InChI is InChI=1S/2C9H13NO3.2C9H13NO2.2C8H10O2.2C7H8O2/c1-5(10)2-6-3-8(12)9(13)4-7(6)11;1-5(10)2-6-3-7(11)9(13)8(12)4-6;1-6(10)4-7-2-3-8(11)9(12)5-7;1-6(10)5-7-3-2-4-8(11)9(7)12;1-2-6-3-4-7(9)8(10)5-6;1-2-6-4-3-5-7(9)8(6)10;1-5-2-3-6(8)7(9)4-5;1-5-3-2-4-6(8)7(5)9/h2*3-5,11-13H,2,10H2,1H3;2-3,5-6,11-12H,4,10H2,1H3;2-4,6,11-12H,5,10H2,1H3;2*3-5,9-10H,2H2,1H3;2*2-4,8-9H,1H3. The van der Waals surface area contributed by atoms with Gasteiger partial charge < -0.3 is 115 Å². The summed E-state index contributed by atoms with van der Waals surface area (Å²) in [5.41, 5.74) is 28.5. The number of aromatic hydroxyl groups is 18. The first kappa shape index (κ1) is 76.0. The zero-order valence-corrected chi connectivity index (χ0v) is 50.6. The molecule has 26 N–H and O–H groups in total. The second-order valence-corrected chi connectivity index (χ2v) is 20.5. The molecule has 0 heterocycles. The van der Waals surface area contributed by atoms with Crippen molar-refractivity contribution in [3.63, 3.8) is 0 Å². The van der Waals surface area contributed by atoms with E-state index in [-0.39, 0.29) is 122 Å². The normalized spacial score (nSPS) is 11.4. The van der Waals surface area contributed by atoms with Gasteiger partial charge in [0.2, 0.25) is 0 Å². The van der Waals surface area contributed by atoms with Gasteiger partial charge in [0.15, 0.2) is 97.7 Å². The minimum absolute atomic E-state index is 0.00463. The number of para-hydroxylation sites is 3. The molecule has 8 rings (SSSR count). The fourth-order valence-electron chi connectivity index (χ4n) is 7.36. The van der Waals surface area contributed by atoms with Gasteiger partial charge in [-0.15, -0.1) is 0 Å². The molecule has 0 aliphatic carbocycles. The fourth-order valence-corrected chi connectivity index (χ4v) is 7.36. The molecule has 0 spiro atoms. The first-order chi connectivity index (χ1) is 41.1. The Hall–Kier alpha value is -10.0. The molecule has 0 aromatic heterocycles. The van der Waals surface area contributed by atoms with Crippen molar-refractivity contribution in [1.29, 1.82) is 0 Å². The van der Waals surface area contributed by atoms with Gasteiger partial charge in [0.1, 0.15) is 5.75 Å². The van der Waals surface area contributed by atoms with E-state index in [1.807, 2.05) is 41.5 Å². The Morgan fingerprint density at radius 3 is 1.05 bits per heavy atom. The van der Waals surface area contributed by atoms with E-state index in [2.05, 4.69) is 0 Å². The lowest BCUT2D eigenvalue weighted by Gasteiger charge is -2.08. The van der Waals surface area contributed by atoms with E-state index in [0.29, 0.717) is 47.9 Å². The third-order valence-corrected chi connectivity index (χ3v) is 11.9. The summed E-state index contributed by atoms with van der Waals surface area (Å²) in [6, 6.07) is 34.1.